The molecule has 4 saturated heterocycles. The predicted octanol–water partition coefficient (Wildman–Crippen LogP) is 4.28. The van der Waals surface area contributed by atoms with Crippen LogP contribution in [0.25, 0.3) is 0 Å². The first-order valence-electron chi connectivity index (χ1n) is 14.1. The number of likely N-dealkylation sites (tertiary alicyclic amines) is 4. The topological polar surface area (TPSA) is 13.0 Å². The molecule has 0 spiro atoms. The quantitative estimate of drug-likeness (QED) is 0.500. The van der Waals surface area contributed by atoms with Gasteiger partial charge in [-0.25, -0.2) is 0 Å². The lowest BCUT2D eigenvalue weighted by Gasteiger charge is -2.21. The van der Waals surface area contributed by atoms with Crippen LogP contribution in [-0.4, -0.2) is 101 Å². The van der Waals surface area contributed by atoms with E-state index >= 15 is 0 Å². The molecule has 4 aliphatic heterocycles. The molecule has 38 heavy (non-hydrogen) atoms. The van der Waals surface area contributed by atoms with E-state index in [4.69, 9.17) is 38.9 Å². The molecule has 6 rings (SSSR count). The van der Waals surface area contributed by atoms with Crippen molar-refractivity contribution in [3.05, 3.63) is 68.7 Å². The van der Waals surface area contributed by atoms with Gasteiger partial charge in [0.25, 0.3) is 0 Å². The molecule has 2 aromatic carbocycles. The third-order valence-corrected chi connectivity index (χ3v) is 9.68. The highest BCUT2D eigenvalue weighted by Crippen LogP contribution is 2.33. The van der Waals surface area contributed by atoms with Crippen molar-refractivity contribution in [1.82, 2.24) is 19.6 Å². The second-order valence-corrected chi connectivity index (χ2v) is 12.9. The fraction of sp³-hybridized carbons (Fsp3) is 0.600. The lowest BCUT2D eigenvalue weighted by molar-refractivity contribution is 0.267. The van der Waals surface area contributed by atoms with E-state index in [9.17, 15) is 0 Å². The zero-order valence-electron chi connectivity index (χ0n) is 23.0. The van der Waals surface area contributed by atoms with Gasteiger partial charge in [-0.2, -0.15) is 0 Å². The smallest absolute Gasteiger partial charge is 0.0863 e. The Bertz CT molecular complexity index is 988. The zero-order valence-corrected chi connectivity index (χ0v) is 24.5. The summed E-state index contributed by atoms with van der Waals surface area (Å²) in [6.07, 6.45) is 1.42. The third-order valence-electron chi connectivity index (χ3n) is 9.09. The maximum Gasteiger partial charge on any atom is 0.0863 e. The van der Waals surface area contributed by atoms with Gasteiger partial charge in [0, 0.05) is 75.5 Å². The summed E-state index contributed by atoms with van der Waals surface area (Å²) in [6, 6.07) is 12.6. The number of rotatable bonds is 6. The fourth-order valence-electron chi connectivity index (χ4n) is 7.09. The number of hydrogen-bond acceptors (Lipinski definition) is 4. The van der Waals surface area contributed by atoms with Gasteiger partial charge in [0.05, 0.1) is 15.7 Å². The van der Waals surface area contributed by atoms with Crippen LogP contribution in [-0.2, 0) is 13.1 Å². The van der Waals surface area contributed by atoms with Crippen molar-refractivity contribution in [3.63, 3.8) is 0 Å². The number of halogens is 2. The van der Waals surface area contributed by atoms with E-state index in [1.807, 2.05) is 18.2 Å². The molecule has 4 heterocycles. The standard InChI is InChI=1S/C16H23BN2.C14H17BCl2N2/c1-12-3-4-14(13(2)5-12)6-18-7-15-9-19(11-17)10-16(15)8-18;15-9-19-7-11-5-18(6-12(11)8-19)4-10-1-2-13(16)3-14(10)17/h3-5,15-16H,6-11H2,1-2H3;1-3,11-12H,4-9H2. The van der Waals surface area contributed by atoms with Crippen LogP contribution in [0.15, 0.2) is 36.4 Å². The van der Waals surface area contributed by atoms with E-state index in [2.05, 4.69) is 51.6 Å². The summed E-state index contributed by atoms with van der Waals surface area (Å²) in [7, 11) is 11.5. The van der Waals surface area contributed by atoms with Gasteiger partial charge in [-0.15, -0.1) is 0 Å². The highest BCUT2D eigenvalue weighted by molar-refractivity contribution is 6.35. The summed E-state index contributed by atoms with van der Waals surface area (Å²) in [5.74, 6) is 3.23. The molecule has 4 atom stereocenters. The Labute approximate surface area is 242 Å². The Balaban J connectivity index is 0.000000155. The van der Waals surface area contributed by atoms with Gasteiger partial charge >= 0.3 is 0 Å². The third kappa shape index (κ3) is 6.82. The normalized spacial score (nSPS) is 27.9. The van der Waals surface area contributed by atoms with E-state index in [0.717, 1.165) is 74.4 Å². The Kier molecular flexibility index (Phi) is 9.50. The number of hydrogen-bond donors (Lipinski definition) is 0. The molecule has 4 unspecified atom stereocenters. The van der Waals surface area contributed by atoms with Crippen LogP contribution in [0.4, 0.5) is 0 Å². The maximum absolute atomic E-state index is 6.24. The number of aryl methyl sites for hydroxylation is 2. The lowest BCUT2D eigenvalue weighted by Crippen LogP contribution is -2.29. The average Bonchev–Trinajstić information content (AvgIpc) is 3.62. The van der Waals surface area contributed by atoms with Gasteiger partial charge in [0.2, 0.25) is 0 Å². The van der Waals surface area contributed by atoms with E-state index < -0.39 is 0 Å². The first-order valence-corrected chi connectivity index (χ1v) is 14.9. The molecule has 4 nitrogen and oxygen atoms in total. The predicted molar refractivity (Wildman–Crippen MR) is 161 cm³/mol. The van der Waals surface area contributed by atoms with Crippen molar-refractivity contribution in [2.75, 3.05) is 65.2 Å². The van der Waals surface area contributed by atoms with Crippen LogP contribution >= 0.6 is 23.2 Å². The minimum absolute atomic E-state index is 0.690. The summed E-state index contributed by atoms with van der Waals surface area (Å²) in [5.41, 5.74) is 5.45. The van der Waals surface area contributed by atoms with Crippen molar-refractivity contribution in [3.8, 4) is 0 Å². The second kappa shape index (κ2) is 12.7. The number of nitrogens with zero attached hydrogens (tertiary/aromatic N) is 4. The molecule has 4 fully saturated rings. The fourth-order valence-corrected chi connectivity index (χ4v) is 7.55. The van der Waals surface area contributed by atoms with Crippen LogP contribution in [0.1, 0.15) is 22.3 Å². The van der Waals surface area contributed by atoms with Crippen molar-refractivity contribution >= 4 is 38.9 Å². The maximum atomic E-state index is 6.24. The summed E-state index contributed by atoms with van der Waals surface area (Å²) in [6.45, 7) is 15.9. The molecule has 0 bridgehead atoms. The summed E-state index contributed by atoms with van der Waals surface area (Å²) < 4.78 is 0. The average molecular weight is 549 g/mol. The van der Waals surface area contributed by atoms with E-state index in [1.54, 1.807) is 0 Å². The minimum Gasteiger partial charge on any atom is -0.311 e. The van der Waals surface area contributed by atoms with Crippen LogP contribution in [0.3, 0.4) is 0 Å². The van der Waals surface area contributed by atoms with Crippen LogP contribution in [0, 0.1) is 37.5 Å². The zero-order chi connectivity index (χ0) is 26.8. The number of fused-ring (bicyclic) bond motifs is 2. The van der Waals surface area contributed by atoms with Crippen LogP contribution in [0.2, 0.25) is 10.0 Å². The Morgan fingerprint density at radius 3 is 1.53 bits per heavy atom. The molecule has 200 valence electrons. The second-order valence-electron chi connectivity index (χ2n) is 12.0. The minimum atomic E-state index is 0.690. The van der Waals surface area contributed by atoms with E-state index in [0.29, 0.717) is 11.5 Å². The molecular weight excluding hydrogens is 509 g/mol. The highest BCUT2D eigenvalue weighted by Gasteiger charge is 2.40. The molecule has 8 heteroatoms. The van der Waals surface area contributed by atoms with Gasteiger partial charge in [0.15, 0.2) is 0 Å². The molecule has 0 saturated carbocycles. The molecular formula is C30H40B2Cl2N4. The number of benzene rings is 2. The summed E-state index contributed by atoms with van der Waals surface area (Å²) in [4.78, 5) is 9.87. The van der Waals surface area contributed by atoms with E-state index in [-0.39, 0.29) is 0 Å². The molecule has 4 aliphatic rings. The largest absolute Gasteiger partial charge is 0.311 e. The molecule has 0 aromatic heterocycles. The molecule has 4 radical (unpaired) electrons. The van der Waals surface area contributed by atoms with Crippen LogP contribution in [0.5, 0.6) is 0 Å². The van der Waals surface area contributed by atoms with Crippen molar-refractivity contribution in [1.29, 1.82) is 0 Å². The molecule has 0 amide bonds. The molecule has 2 aromatic rings. The molecule has 0 aliphatic carbocycles. The van der Waals surface area contributed by atoms with E-state index in [1.165, 1.54) is 48.4 Å². The SMILES string of the molecule is [B]CN1CC2CN(Cc3ccc(C)cc3C)CC2C1.[B]CN1CC2CN(Cc3ccc(Cl)cc3Cl)CC2C1. The summed E-state index contributed by atoms with van der Waals surface area (Å²) in [5, 5.41) is 1.47. The monoisotopic (exact) mass is 548 g/mol. The first kappa shape index (κ1) is 28.5. The first-order chi connectivity index (χ1) is 18.3. The Hall–Kier alpha value is -1.01. The van der Waals surface area contributed by atoms with Crippen molar-refractivity contribution in [2.24, 2.45) is 23.7 Å². The van der Waals surface area contributed by atoms with Gasteiger partial charge in [-0.1, -0.05) is 53.0 Å². The Morgan fingerprint density at radius 2 is 1.08 bits per heavy atom. The van der Waals surface area contributed by atoms with Crippen LogP contribution < -0.4 is 0 Å². The van der Waals surface area contributed by atoms with Gasteiger partial charge in [-0.05, 0) is 79.2 Å². The van der Waals surface area contributed by atoms with Gasteiger partial charge < -0.3 is 9.80 Å². The Morgan fingerprint density at radius 1 is 0.632 bits per heavy atom. The van der Waals surface area contributed by atoms with Crippen molar-refractivity contribution < 1.29 is 0 Å². The van der Waals surface area contributed by atoms with Gasteiger partial charge in [0.1, 0.15) is 0 Å². The highest BCUT2D eigenvalue weighted by atomic mass is 35.5. The van der Waals surface area contributed by atoms with Crippen molar-refractivity contribution in [2.45, 2.75) is 26.9 Å². The summed E-state index contributed by atoms with van der Waals surface area (Å²) >= 11 is 12.2. The molecule has 0 N–H and O–H groups in total. The lowest BCUT2D eigenvalue weighted by atomic mass is 10.0. The van der Waals surface area contributed by atoms with Gasteiger partial charge in [-0.3, -0.25) is 9.80 Å².